The molecule has 0 amide bonds. The van der Waals surface area contributed by atoms with Crippen LogP contribution in [0.25, 0.3) is 11.0 Å². The molecule has 37 heavy (non-hydrogen) atoms. The molecule has 2 atom stereocenters. The molecule has 1 heterocycles. The van der Waals surface area contributed by atoms with Crippen molar-refractivity contribution in [3.8, 4) is 5.75 Å². The van der Waals surface area contributed by atoms with Crippen LogP contribution in [0.1, 0.15) is 58.2 Å². The fourth-order valence-electron chi connectivity index (χ4n) is 5.60. The molecule has 0 fully saturated rings. The van der Waals surface area contributed by atoms with Crippen molar-refractivity contribution in [1.29, 1.82) is 0 Å². The predicted octanol–water partition coefficient (Wildman–Crippen LogP) is 5.34. The summed E-state index contributed by atoms with van der Waals surface area (Å²) in [5.41, 5.74) is 9.61. The van der Waals surface area contributed by atoms with Crippen molar-refractivity contribution < 1.29 is 19.4 Å². The maximum atomic E-state index is 12.3. The third kappa shape index (κ3) is 4.83. The number of benzene rings is 3. The summed E-state index contributed by atoms with van der Waals surface area (Å²) in [6, 6.07) is 16.3. The average Bonchev–Trinajstić information content (AvgIpc) is 3.53. The molecule has 0 bridgehead atoms. The van der Waals surface area contributed by atoms with Crippen LogP contribution in [-0.4, -0.2) is 33.2 Å². The Morgan fingerprint density at radius 2 is 1.89 bits per heavy atom. The van der Waals surface area contributed by atoms with E-state index in [1.54, 1.807) is 18.7 Å². The fourth-order valence-corrected chi connectivity index (χ4v) is 5.60. The van der Waals surface area contributed by atoms with Crippen LogP contribution in [0.4, 0.5) is 0 Å². The normalized spacial score (nSPS) is 14.5. The zero-order chi connectivity index (χ0) is 26.1. The monoisotopic (exact) mass is 499 g/mol. The summed E-state index contributed by atoms with van der Waals surface area (Å²) in [5, 5.41) is 18.6. The molecular formula is C30H33N3O4. The summed E-state index contributed by atoms with van der Waals surface area (Å²) in [4.78, 5) is 12.3. The third-order valence-corrected chi connectivity index (χ3v) is 7.68. The Morgan fingerprint density at radius 1 is 1.11 bits per heavy atom. The lowest BCUT2D eigenvalue weighted by molar-refractivity contribution is -0.141. The first-order valence-electron chi connectivity index (χ1n) is 12.7. The number of carbonyl (C=O) groups is 1. The molecule has 3 aromatic carbocycles. The third-order valence-electron chi connectivity index (χ3n) is 7.68. The van der Waals surface area contributed by atoms with Gasteiger partial charge in [-0.2, -0.15) is 0 Å². The van der Waals surface area contributed by atoms with Gasteiger partial charge in [0.15, 0.2) is 0 Å². The van der Waals surface area contributed by atoms with Gasteiger partial charge in [-0.05, 0) is 83.3 Å². The smallest absolute Gasteiger partial charge is 0.307 e. The number of fused-ring (bicyclic) bond motifs is 2. The molecular weight excluding hydrogens is 466 g/mol. The van der Waals surface area contributed by atoms with Gasteiger partial charge in [-0.1, -0.05) is 42.5 Å². The van der Waals surface area contributed by atoms with Crippen LogP contribution in [0.15, 0.2) is 48.5 Å². The lowest BCUT2D eigenvalue weighted by atomic mass is 9.78. The lowest BCUT2D eigenvalue weighted by Gasteiger charge is -2.26. The van der Waals surface area contributed by atoms with Crippen molar-refractivity contribution in [2.75, 3.05) is 7.11 Å². The molecule has 1 aliphatic carbocycles. The molecule has 192 valence electrons. The number of hydrogen-bond acceptors (Lipinski definition) is 5. The van der Waals surface area contributed by atoms with E-state index in [1.165, 1.54) is 11.1 Å². The molecule has 0 aliphatic heterocycles. The summed E-state index contributed by atoms with van der Waals surface area (Å²) in [6.45, 7) is 4.79. The molecule has 0 saturated heterocycles. The molecule has 7 nitrogen and oxygen atoms in total. The van der Waals surface area contributed by atoms with Gasteiger partial charge in [-0.3, -0.25) is 4.79 Å². The van der Waals surface area contributed by atoms with E-state index in [9.17, 15) is 9.90 Å². The Hall–Kier alpha value is -3.71. The first-order chi connectivity index (χ1) is 17.9. The highest BCUT2D eigenvalue weighted by Crippen LogP contribution is 2.39. The number of methoxy groups -OCH3 is 1. The molecule has 1 aliphatic rings. The number of nitrogens with zero attached hydrogens (tertiary/aromatic N) is 3. The van der Waals surface area contributed by atoms with Gasteiger partial charge in [-0.15, -0.1) is 5.10 Å². The average molecular weight is 500 g/mol. The number of aromatic nitrogens is 3. The van der Waals surface area contributed by atoms with Crippen LogP contribution >= 0.6 is 0 Å². The van der Waals surface area contributed by atoms with Gasteiger partial charge in [0.1, 0.15) is 11.3 Å². The minimum atomic E-state index is -0.818. The highest BCUT2D eigenvalue weighted by Gasteiger charge is 2.31. The Labute approximate surface area is 217 Å². The van der Waals surface area contributed by atoms with Gasteiger partial charge < -0.3 is 14.6 Å². The van der Waals surface area contributed by atoms with Gasteiger partial charge in [-0.25, -0.2) is 4.68 Å². The molecule has 0 saturated carbocycles. The Morgan fingerprint density at radius 3 is 2.62 bits per heavy atom. The number of aliphatic carboxylic acids is 1. The number of ether oxygens (including phenoxy) is 2. The van der Waals surface area contributed by atoms with Crippen LogP contribution in [0, 0.1) is 12.8 Å². The number of carboxylic acid groups (broad SMARTS) is 1. The van der Waals surface area contributed by atoms with Gasteiger partial charge in [0, 0.05) is 13.0 Å². The van der Waals surface area contributed by atoms with Crippen molar-refractivity contribution in [3.63, 3.8) is 0 Å². The topological polar surface area (TPSA) is 86.5 Å². The zero-order valence-corrected chi connectivity index (χ0v) is 21.8. The molecule has 1 aromatic heterocycles. The lowest BCUT2D eigenvalue weighted by Crippen LogP contribution is -2.21. The summed E-state index contributed by atoms with van der Waals surface area (Å²) in [5.74, 6) is -0.917. The molecule has 4 aromatic rings. The Balaban J connectivity index is 1.50. The van der Waals surface area contributed by atoms with Gasteiger partial charge in [0.2, 0.25) is 0 Å². The second-order valence-electron chi connectivity index (χ2n) is 9.98. The van der Waals surface area contributed by atoms with E-state index < -0.39 is 11.9 Å². The molecule has 1 unspecified atom stereocenters. The van der Waals surface area contributed by atoms with E-state index in [2.05, 4.69) is 22.4 Å². The van der Waals surface area contributed by atoms with Gasteiger partial charge in [0.05, 0.1) is 31.8 Å². The van der Waals surface area contributed by atoms with Crippen LogP contribution in [0.3, 0.4) is 0 Å². The van der Waals surface area contributed by atoms with Crippen molar-refractivity contribution in [3.05, 3.63) is 87.5 Å². The Bertz CT molecular complexity index is 1440. The summed E-state index contributed by atoms with van der Waals surface area (Å²) in [7, 11) is 3.52. The summed E-state index contributed by atoms with van der Waals surface area (Å²) >= 11 is 0. The summed E-state index contributed by atoms with van der Waals surface area (Å²) in [6.07, 6.45) is 3.14. The number of rotatable bonds is 9. The minimum absolute atomic E-state index is 0.310. The van der Waals surface area contributed by atoms with Crippen molar-refractivity contribution in [2.45, 2.75) is 52.2 Å². The van der Waals surface area contributed by atoms with Crippen molar-refractivity contribution >= 4 is 17.0 Å². The number of carboxylic acids is 1. The van der Waals surface area contributed by atoms with Crippen LogP contribution in [0.5, 0.6) is 5.75 Å². The van der Waals surface area contributed by atoms with E-state index in [1.807, 2.05) is 50.4 Å². The van der Waals surface area contributed by atoms with Crippen molar-refractivity contribution in [2.24, 2.45) is 13.0 Å². The first kappa shape index (κ1) is 25.0. The maximum Gasteiger partial charge on any atom is 0.307 e. The second kappa shape index (κ2) is 10.3. The zero-order valence-electron chi connectivity index (χ0n) is 21.8. The first-order valence-corrected chi connectivity index (χ1v) is 12.7. The molecule has 5 rings (SSSR count). The Kier molecular flexibility index (Phi) is 6.98. The molecule has 1 N–H and O–H groups in total. The van der Waals surface area contributed by atoms with E-state index in [4.69, 9.17) is 9.47 Å². The minimum Gasteiger partial charge on any atom is -0.497 e. The summed E-state index contributed by atoms with van der Waals surface area (Å²) < 4.78 is 13.1. The number of aryl methyl sites for hydroxylation is 3. The highest BCUT2D eigenvalue weighted by atomic mass is 16.5. The van der Waals surface area contributed by atoms with E-state index in [0.29, 0.717) is 13.2 Å². The van der Waals surface area contributed by atoms with Gasteiger partial charge in [0.25, 0.3) is 0 Å². The van der Waals surface area contributed by atoms with E-state index in [0.717, 1.165) is 63.9 Å². The fraction of sp³-hybridized carbons (Fsp3) is 0.367. The van der Waals surface area contributed by atoms with Crippen LogP contribution < -0.4 is 4.74 Å². The van der Waals surface area contributed by atoms with E-state index >= 15 is 0 Å². The van der Waals surface area contributed by atoms with Gasteiger partial charge >= 0.3 is 5.97 Å². The SMILES string of the molecule is COc1ccc(COCc2cc([C@@H](c3ccc4c(nnn4C)c3C)C(C)C(=O)O)cc3c2CCC3)cc1. The quantitative estimate of drug-likeness (QED) is 0.334. The number of hydrogen-bond donors (Lipinski definition) is 1. The maximum absolute atomic E-state index is 12.3. The largest absolute Gasteiger partial charge is 0.497 e. The molecule has 7 heteroatoms. The van der Waals surface area contributed by atoms with Crippen molar-refractivity contribution in [1.82, 2.24) is 15.0 Å². The van der Waals surface area contributed by atoms with E-state index in [-0.39, 0.29) is 5.92 Å². The molecule has 0 radical (unpaired) electrons. The second-order valence-corrected chi connectivity index (χ2v) is 9.98. The van der Waals surface area contributed by atoms with Crippen LogP contribution in [0.2, 0.25) is 0 Å². The molecule has 0 spiro atoms. The predicted molar refractivity (Wildman–Crippen MR) is 142 cm³/mol. The van der Waals surface area contributed by atoms with Crippen LogP contribution in [-0.2, 0) is 42.6 Å². The standard InChI is InChI=1S/C30H33N3O4/c1-18-25(12-13-27-29(18)31-32-33(27)3)28(19(2)30(34)35)22-14-21-6-5-7-26(21)23(15-22)17-37-16-20-8-10-24(36-4)11-9-20/h8-15,19,28H,5-7,16-17H2,1-4H3,(H,34,35)/t19?,28-/m0/s1. The highest BCUT2D eigenvalue weighted by molar-refractivity contribution is 5.80.